The van der Waals surface area contributed by atoms with Gasteiger partial charge in [-0.05, 0) is 12.1 Å². The fourth-order valence-corrected chi connectivity index (χ4v) is 2.48. The summed E-state index contributed by atoms with van der Waals surface area (Å²) >= 11 is 11.6. The zero-order valence-corrected chi connectivity index (χ0v) is 13.4. The molecule has 0 N–H and O–H groups in total. The summed E-state index contributed by atoms with van der Waals surface area (Å²) in [7, 11) is 3.73. The number of aryl methyl sites for hydroxylation is 2. The van der Waals surface area contributed by atoms with Crippen LogP contribution in [0.2, 0.25) is 10.3 Å². The SMILES string of the molecule is Cn1cc2c(Cl)nccc2n1.Cn1ncc2c(Cl)nccc21. The van der Waals surface area contributed by atoms with Crippen molar-refractivity contribution in [3.8, 4) is 0 Å². The molecule has 4 rings (SSSR count). The summed E-state index contributed by atoms with van der Waals surface area (Å²) in [5.74, 6) is 0. The standard InChI is InChI=1S/2C7H6ClN3/c1-11-4-5-6(10-11)2-3-9-7(5)8;1-11-6-2-3-9-7(8)5(6)4-10-11/h2*2-4H,1H3. The van der Waals surface area contributed by atoms with Gasteiger partial charge in [0.25, 0.3) is 0 Å². The van der Waals surface area contributed by atoms with Gasteiger partial charge >= 0.3 is 0 Å². The molecule has 0 amide bonds. The predicted octanol–water partition coefficient (Wildman–Crippen LogP) is 3.24. The van der Waals surface area contributed by atoms with Crippen molar-refractivity contribution in [2.75, 3.05) is 0 Å². The van der Waals surface area contributed by atoms with Gasteiger partial charge in [-0.25, -0.2) is 9.97 Å². The van der Waals surface area contributed by atoms with E-state index in [0.717, 1.165) is 21.8 Å². The molecule has 4 aromatic heterocycles. The lowest BCUT2D eigenvalue weighted by molar-refractivity contribution is 0.780. The molecule has 0 saturated carbocycles. The number of rotatable bonds is 0. The van der Waals surface area contributed by atoms with Gasteiger partial charge < -0.3 is 0 Å². The lowest BCUT2D eigenvalue weighted by Gasteiger charge is -1.92. The van der Waals surface area contributed by atoms with E-state index in [-0.39, 0.29) is 0 Å². The number of halogens is 2. The van der Waals surface area contributed by atoms with Crippen LogP contribution in [0.3, 0.4) is 0 Å². The molecular weight excluding hydrogens is 323 g/mol. The second kappa shape index (κ2) is 5.90. The van der Waals surface area contributed by atoms with Crippen molar-refractivity contribution in [1.82, 2.24) is 29.5 Å². The zero-order valence-electron chi connectivity index (χ0n) is 11.9. The molecule has 8 heteroatoms. The third-order valence-electron chi connectivity index (χ3n) is 3.13. The predicted molar refractivity (Wildman–Crippen MR) is 87.0 cm³/mol. The van der Waals surface area contributed by atoms with Gasteiger partial charge in [0, 0.05) is 32.7 Å². The third-order valence-corrected chi connectivity index (χ3v) is 3.73. The van der Waals surface area contributed by atoms with Crippen LogP contribution in [0.5, 0.6) is 0 Å². The molecule has 0 aliphatic rings. The van der Waals surface area contributed by atoms with E-state index in [1.807, 2.05) is 32.4 Å². The Morgan fingerprint density at radius 1 is 0.955 bits per heavy atom. The molecule has 0 fully saturated rings. The first kappa shape index (κ1) is 14.7. The highest BCUT2D eigenvalue weighted by molar-refractivity contribution is 6.34. The average Bonchev–Trinajstić information content (AvgIpc) is 3.05. The Morgan fingerprint density at radius 3 is 2.32 bits per heavy atom. The summed E-state index contributed by atoms with van der Waals surface area (Å²) in [5.41, 5.74) is 1.89. The van der Waals surface area contributed by atoms with E-state index in [4.69, 9.17) is 23.2 Å². The molecule has 0 aromatic carbocycles. The van der Waals surface area contributed by atoms with Crippen LogP contribution in [-0.2, 0) is 14.1 Å². The lowest BCUT2D eigenvalue weighted by atomic mass is 10.3. The quantitative estimate of drug-likeness (QED) is 0.463. The normalized spacial score (nSPS) is 10.7. The fourth-order valence-electron chi connectivity index (χ4n) is 2.08. The number of pyridine rings is 2. The molecule has 0 aliphatic heterocycles. The number of hydrogen-bond acceptors (Lipinski definition) is 4. The summed E-state index contributed by atoms with van der Waals surface area (Å²) in [6.45, 7) is 0. The maximum Gasteiger partial charge on any atom is 0.139 e. The van der Waals surface area contributed by atoms with Gasteiger partial charge in [-0.2, -0.15) is 10.2 Å². The Morgan fingerprint density at radius 2 is 1.64 bits per heavy atom. The van der Waals surface area contributed by atoms with Crippen molar-refractivity contribution >= 4 is 45.0 Å². The minimum absolute atomic E-state index is 0.510. The van der Waals surface area contributed by atoms with Crippen molar-refractivity contribution in [2.24, 2.45) is 14.1 Å². The fraction of sp³-hybridized carbons (Fsp3) is 0.143. The van der Waals surface area contributed by atoms with E-state index in [2.05, 4.69) is 20.2 Å². The van der Waals surface area contributed by atoms with Gasteiger partial charge in [-0.3, -0.25) is 9.36 Å². The van der Waals surface area contributed by atoms with Crippen molar-refractivity contribution in [1.29, 1.82) is 0 Å². The molecule has 22 heavy (non-hydrogen) atoms. The van der Waals surface area contributed by atoms with E-state index < -0.39 is 0 Å². The molecular formula is C14H12Cl2N6. The summed E-state index contributed by atoms with van der Waals surface area (Å²) in [4.78, 5) is 7.87. The number of fused-ring (bicyclic) bond motifs is 2. The Kier molecular flexibility index (Phi) is 3.96. The molecule has 0 saturated heterocycles. The van der Waals surface area contributed by atoms with Crippen LogP contribution in [-0.4, -0.2) is 29.5 Å². The maximum absolute atomic E-state index is 5.81. The highest BCUT2D eigenvalue weighted by Gasteiger charge is 2.02. The first-order valence-corrected chi connectivity index (χ1v) is 7.18. The zero-order chi connectivity index (χ0) is 15.7. The molecule has 0 atom stereocenters. The van der Waals surface area contributed by atoms with Crippen LogP contribution in [0.15, 0.2) is 36.9 Å². The van der Waals surface area contributed by atoms with Gasteiger partial charge in [0.1, 0.15) is 10.3 Å². The minimum atomic E-state index is 0.510. The lowest BCUT2D eigenvalue weighted by Crippen LogP contribution is -1.88. The van der Waals surface area contributed by atoms with Gasteiger partial charge in [0.15, 0.2) is 0 Å². The number of nitrogens with zero attached hydrogens (tertiary/aromatic N) is 6. The van der Waals surface area contributed by atoms with Crippen molar-refractivity contribution < 1.29 is 0 Å². The first-order valence-electron chi connectivity index (χ1n) is 6.42. The summed E-state index contributed by atoms with van der Waals surface area (Å²) in [5, 5.41) is 11.0. The molecule has 0 spiro atoms. The highest BCUT2D eigenvalue weighted by Crippen LogP contribution is 2.19. The van der Waals surface area contributed by atoms with Gasteiger partial charge in [-0.15, -0.1) is 0 Å². The number of aromatic nitrogens is 6. The second-order valence-corrected chi connectivity index (χ2v) is 5.36. The molecule has 6 nitrogen and oxygen atoms in total. The topological polar surface area (TPSA) is 61.4 Å². The smallest absolute Gasteiger partial charge is 0.139 e. The Bertz CT molecular complexity index is 931. The second-order valence-electron chi connectivity index (χ2n) is 4.64. The van der Waals surface area contributed by atoms with Crippen LogP contribution < -0.4 is 0 Å². The van der Waals surface area contributed by atoms with Crippen LogP contribution in [0.25, 0.3) is 21.8 Å². The summed E-state index contributed by atoms with van der Waals surface area (Å²) in [6.07, 6.45) is 6.89. The van der Waals surface area contributed by atoms with E-state index in [1.54, 1.807) is 28.0 Å². The van der Waals surface area contributed by atoms with E-state index >= 15 is 0 Å². The minimum Gasteiger partial charge on any atom is -0.274 e. The monoisotopic (exact) mass is 334 g/mol. The average molecular weight is 335 g/mol. The van der Waals surface area contributed by atoms with Gasteiger partial charge in [0.05, 0.1) is 28.0 Å². The van der Waals surface area contributed by atoms with E-state index in [9.17, 15) is 0 Å². The molecule has 0 radical (unpaired) electrons. The molecule has 112 valence electrons. The molecule has 0 unspecified atom stereocenters. The maximum atomic E-state index is 5.81. The van der Waals surface area contributed by atoms with Crippen LogP contribution in [0.1, 0.15) is 0 Å². The molecule has 4 heterocycles. The van der Waals surface area contributed by atoms with Gasteiger partial charge in [-0.1, -0.05) is 23.2 Å². The van der Waals surface area contributed by atoms with Crippen LogP contribution >= 0.6 is 23.2 Å². The molecule has 0 aliphatic carbocycles. The third kappa shape index (κ3) is 2.75. The Balaban J connectivity index is 0.000000131. The van der Waals surface area contributed by atoms with Crippen molar-refractivity contribution in [3.05, 3.63) is 47.2 Å². The van der Waals surface area contributed by atoms with Crippen molar-refractivity contribution in [3.63, 3.8) is 0 Å². The largest absolute Gasteiger partial charge is 0.274 e. The van der Waals surface area contributed by atoms with E-state index in [0.29, 0.717) is 10.3 Å². The molecule has 0 bridgehead atoms. The Hall–Kier alpha value is -2.18. The van der Waals surface area contributed by atoms with Gasteiger partial charge in [0.2, 0.25) is 0 Å². The van der Waals surface area contributed by atoms with Crippen LogP contribution in [0, 0.1) is 0 Å². The summed E-state index contributed by atoms with van der Waals surface area (Å²) in [6, 6.07) is 3.72. The Labute approximate surface area is 136 Å². The first-order chi connectivity index (χ1) is 10.6. The highest BCUT2D eigenvalue weighted by atomic mass is 35.5. The van der Waals surface area contributed by atoms with E-state index in [1.165, 1.54) is 0 Å². The molecule has 4 aromatic rings. The summed E-state index contributed by atoms with van der Waals surface area (Å²) < 4.78 is 3.49. The van der Waals surface area contributed by atoms with Crippen molar-refractivity contribution in [2.45, 2.75) is 0 Å². The van der Waals surface area contributed by atoms with Crippen LogP contribution in [0.4, 0.5) is 0 Å². The number of hydrogen-bond donors (Lipinski definition) is 0.